The maximum absolute atomic E-state index is 11.3. The molecule has 0 spiro atoms. The van der Waals surface area contributed by atoms with Gasteiger partial charge in [-0.3, -0.25) is 5.32 Å². The van der Waals surface area contributed by atoms with Crippen molar-refractivity contribution in [2.24, 2.45) is 0 Å². The minimum atomic E-state index is -0.487. The maximum Gasteiger partial charge on any atom is 0.412 e. The van der Waals surface area contributed by atoms with E-state index in [-0.39, 0.29) is 0 Å². The van der Waals surface area contributed by atoms with Crippen LogP contribution in [0.15, 0.2) is 16.7 Å². The molecule has 4 nitrogen and oxygen atoms in total. The SMILES string of the molecule is CC(C)(C)OC(=O)Nc1ccoc1I. The van der Waals surface area contributed by atoms with Crippen molar-refractivity contribution in [3.63, 3.8) is 0 Å². The smallest absolute Gasteiger partial charge is 0.412 e. The van der Waals surface area contributed by atoms with Crippen molar-refractivity contribution in [3.8, 4) is 0 Å². The van der Waals surface area contributed by atoms with Gasteiger partial charge in [0, 0.05) is 28.7 Å². The summed E-state index contributed by atoms with van der Waals surface area (Å²) in [6, 6.07) is 1.67. The minimum absolute atomic E-state index is 0.475. The Morgan fingerprint density at radius 1 is 1.57 bits per heavy atom. The lowest BCUT2D eigenvalue weighted by atomic mass is 10.2. The molecule has 0 bridgehead atoms. The van der Waals surface area contributed by atoms with Crippen molar-refractivity contribution in [1.29, 1.82) is 0 Å². The van der Waals surface area contributed by atoms with Crippen LogP contribution in [-0.2, 0) is 4.74 Å². The summed E-state index contributed by atoms with van der Waals surface area (Å²) in [5, 5.41) is 2.58. The number of hydrogen-bond donors (Lipinski definition) is 1. The second-order valence-electron chi connectivity index (χ2n) is 3.73. The molecule has 0 aliphatic rings. The highest BCUT2D eigenvalue weighted by atomic mass is 127. The highest BCUT2D eigenvalue weighted by Gasteiger charge is 2.17. The van der Waals surface area contributed by atoms with Gasteiger partial charge in [-0.25, -0.2) is 4.79 Å². The molecule has 0 radical (unpaired) electrons. The van der Waals surface area contributed by atoms with E-state index in [1.165, 1.54) is 6.26 Å². The first-order valence-electron chi connectivity index (χ1n) is 4.11. The normalized spacial score (nSPS) is 11.1. The summed E-state index contributed by atoms with van der Waals surface area (Å²) in [5.41, 5.74) is 0.138. The second-order valence-corrected chi connectivity index (χ2v) is 4.71. The van der Waals surface area contributed by atoms with E-state index >= 15 is 0 Å². The lowest BCUT2D eigenvalue weighted by molar-refractivity contribution is 0.0635. The molecule has 0 saturated heterocycles. The quantitative estimate of drug-likeness (QED) is 0.810. The molecule has 1 rings (SSSR count). The van der Waals surface area contributed by atoms with E-state index in [4.69, 9.17) is 9.15 Å². The number of ether oxygens (including phenoxy) is 1. The third-order valence-corrected chi connectivity index (χ3v) is 2.09. The van der Waals surface area contributed by atoms with E-state index in [9.17, 15) is 4.79 Å². The molecule has 14 heavy (non-hydrogen) atoms. The van der Waals surface area contributed by atoms with Crippen molar-refractivity contribution < 1.29 is 13.9 Å². The average Bonchev–Trinajstić information content (AvgIpc) is 2.32. The molecule has 0 aromatic carbocycles. The van der Waals surface area contributed by atoms with Crippen molar-refractivity contribution >= 4 is 34.4 Å². The first-order chi connectivity index (χ1) is 6.38. The van der Waals surface area contributed by atoms with Crippen LogP contribution in [-0.4, -0.2) is 11.7 Å². The van der Waals surface area contributed by atoms with Gasteiger partial charge in [-0.2, -0.15) is 0 Å². The third-order valence-electron chi connectivity index (χ3n) is 1.25. The van der Waals surface area contributed by atoms with E-state index in [0.29, 0.717) is 9.45 Å². The Bertz CT molecular complexity index is 327. The summed E-state index contributed by atoms with van der Waals surface area (Å²) in [6.45, 7) is 5.44. The molecule has 0 saturated carbocycles. The highest BCUT2D eigenvalue weighted by Crippen LogP contribution is 2.19. The second kappa shape index (κ2) is 4.20. The number of carbonyl (C=O) groups is 1. The van der Waals surface area contributed by atoms with E-state index in [2.05, 4.69) is 5.32 Å². The van der Waals surface area contributed by atoms with Gasteiger partial charge in [-0.05, 0) is 20.8 Å². The molecule has 0 aliphatic heterocycles. The standard InChI is InChI=1S/C9H12INO3/c1-9(2,3)14-8(12)11-6-4-5-13-7(6)10/h4-5H,1-3H3,(H,11,12). The summed E-state index contributed by atoms with van der Waals surface area (Å²) in [4.78, 5) is 11.3. The van der Waals surface area contributed by atoms with E-state index in [0.717, 1.165) is 0 Å². The number of furan rings is 1. The van der Waals surface area contributed by atoms with Gasteiger partial charge in [0.2, 0.25) is 0 Å². The van der Waals surface area contributed by atoms with Crippen molar-refractivity contribution in [2.75, 3.05) is 5.32 Å². The van der Waals surface area contributed by atoms with Gasteiger partial charge in [0.1, 0.15) is 5.60 Å². The largest absolute Gasteiger partial charge is 0.456 e. The van der Waals surface area contributed by atoms with Crippen molar-refractivity contribution in [1.82, 2.24) is 0 Å². The van der Waals surface area contributed by atoms with Crippen molar-refractivity contribution in [2.45, 2.75) is 26.4 Å². The van der Waals surface area contributed by atoms with Crippen LogP contribution in [0.2, 0.25) is 0 Å². The zero-order valence-electron chi connectivity index (χ0n) is 8.26. The Labute approximate surface area is 96.1 Å². The topological polar surface area (TPSA) is 51.5 Å². The van der Waals surface area contributed by atoms with Crippen LogP contribution in [0.3, 0.4) is 0 Å². The molecule has 0 unspecified atom stereocenters. The third kappa shape index (κ3) is 3.57. The Hall–Kier alpha value is -0.720. The number of amides is 1. The predicted octanol–water partition coefficient (Wildman–Crippen LogP) is 3.23. The number of rotatable bonds is 1. The molecule has 0 atom stereocenters. The van der Waals surface area contributed by atoms with Gasteiger partial charge in [-0.1, -0.05) is 0 Å². The molecular weight excluding hydrogens is 297 g/mol. The van der Waals surface area contributed by atoms with Gasteiger partial charge in [-0.15, -0.1) is 0 Å². The van der Waals surface area contributed by atoms with E-state index in [1.807, 2.05) is 43.4 Å². The lowest BCUT2D eigenvalue weighted by Gasteiger charge is -2.19. The fourth-order valence-electron chi connectivity index (χ4n) is 0.795. The summed E-state index contributed by atoms with van der Waals surface area (Å²) in [5.74, 6) is 0. The molecule has 5 heteroatoms. The average molecular weight is 309 g/mol. The van der Waals surface area contributed by atoms with E-state index in [1.54, 1.807) is 6.07 Å². The molecule has 1 heterocycles. The number of halogens is 1. The van der Waals surface area contributed by atoms with Gasteiger partial charge in [0.05, 0.1) is 12.0 Å². The summed E-state index contributed by atoms with van der Waals surface area (Å²) in [7, 11) is 0. The maximum atomic E-state index is 11.3. The summed E-state index contributed by atoms with van der Waals surface area (Å²) in [6.07, 6.45) is 1.03. The highest BCUT2D eigenvalue weighted by molar-refractivity contribution is 14.1. The monoisotopic (exact) mass is 309 g/mol. The Morgan fingerprint density at radius 3 is 2.64 bits per heavy atom. The van der Waals surface area contributed by atoms with E-state index < -0.39 is 11.7 Å². The molecule has 78 valence electrons. The van der Waals surface area contributed by atoms with Gasteiger partial charge >= 0.3 is 6.09 Å². The van der Waals surface area contributed by atoms with Gasteiger partial charge in [0.25, 0.3) is 0 Å². The number of nitrogens with one attached hydrogen (secondary N) is 1. The number of hydrogen-bond acceptors (Lipinski definition) is 3. The number of anilines is 1. The van der Waals surface area contributed by atoms with Crippen molar-refractivity contribution in [3.05, 3.63) is 16.1 Å². The van der Waals surface area contributed by atoms with Crippen LogP contribution in [0.4, 0.5) is 10.5 Å². The van der Waals surface area contributed by atoms with Crippen LogP contribution >= 0.6 is 22.6 Å². The van der Waals surface area contributed by atoms with Gasteiger partial charge in [0.15, 0.2) is 3.77 Å². The first kappa shape index (κ1) is 11.4. The Morgan fingerprint density at radius 2 is 2.21 bits per heavy atom. The minimum Gasteiger partial charge on any atom is -0.456 e. The van der Waals surface area contributed by atoms with Crippen LogP contribution in [0, 0.1) is 3.77 Å². The molecule has 0 fully saturated rings. The molecule has 1 amide bonds. The first-order valence-corrected chi connectivity index (χ1v) is 5.19. The zero-order valence-corrected chi connectivity index (χ0v) is 10.4. The summed E-state index contributed by atoms with van der Waals surface area (Å²) >= 11 is 1.99. The number of carbonyl (C=O) groups excluding carboxylic acids is 1. The fraction of sp³-hybridized carbons (Fsp3) is 0.444. The Balaban J connectivity index is 2.54. The van der Waals surface area contributed by atoms with Crippen LogP contribution in [0.5, 0.6) is 0 Å². The van der Waals surface area contributed by atoms with Crippen LogP contribution in [0.1, 0.15) is 20.8 Å². The molecule has 0 aliphatic carbocycles. The predicted molar refractivity (Wildman–Crippen MR) is 61.3 cm³/mol. The van der Waals surface area contributed by atoms with Crippen LogP contribution < -0.4 is 5.32 Å². The molecule has 1 N–H and O–H groups in total. The lowest BCUT2D eigenvalue weighted by Crippen LogP contribution is -2.27. The fourth-order valence-corrected chi connectivity index (χ4v) is 1.26. The molecule has 1 aromatic rings. The summed E-state index contributed by atoms with van der Waals surface area (Å²) < 4.78 is 10.7. The molecule has 1 aromatic heterocycles. The van der Waals surface area contributed by atoms with Crippen LogP contribution in [0.25, 0.3) is 0 Å². The zero-order chi connectivity index (χ0) is 10.8. The Kier molecular flexibility index (Phi) is 3.41. The molecular formula is C9H12INO3. The van der Waals surface area contributed by atoms with Gasteiger partial charge < -0.3 is 9.15 Å².